The summed E-state index contributed by atoms with van der Waals surface area (Å²) >= 11 is 0. The Morgan fingerprint density at radius 2 is 1.13 bits per heavy atom. The molecule has 0 aliphatic rings. The minimum Gasteiger partial charge on any atom is -2.00 e. The van der Waals surface area contributed by atoms with E-state index in [1.807, 2.05) is 0 Å². The van der Waals surface area contributed by atoms with E-state index in [4.69, 9.17) is 0 Å². The summed E-state index contributed by atoms with van der Waals surface area (Å²) in [5.74, 6) is -3.04. The predicted octanol–water partition coefficient (Wildman–Crippen LogP) is -1.71. The van der Waals surface area contributed by atoms with E-state index in [2.05, 4.69) is 0 Å². The minimum absolute atomic E-state index is 0. The molecule has 0 N–H and O–H groups in total. The number of carboxylic acids is 2. The largest absolute Gasteiger partial charge is 4.00 e. The van der Waals surface area contributed by atoms with Crippen LogP contribution in [0.5, 0.6) is 0 Å². The Balaban J connectivity index is -0.000000480. The number of benzene rings is 1. The van der Waals surface area contributed by atoms with Gasteiger partial charge in [0, 0.05) is 11.1 Å². The third kappa shape index (κ3) is 5.25. The van der Waals surface area contributed by atoms with Crippen molar-refractivity contribution >= 4 is 11.9 Å². The smallest absolute Gasteiger partial charge is 2.00 e. The van der Waals surface area contributed by atoms with Gasteiger partial charge in [-0.05, 0) is 0 Å². The molecule has 0 saturated heterocycles. The normalized spacial score (nSPS) is 7.47. The topological polar surface area (TPSA) is 109 Å². The Labute approximate surface area is 116 Å². The number of carbonyl (C=O) groups excluding carboxylic acids is 2. The fraction of sp³-hybridized carbons (Fsp3) is 0. The molecule has 0 bridgehead atoms. The summed E-state index contributed by atoms with van der Waals surface area (Å²) in [5, 5.41) is 20.6. The first-order valence-electron chi connectivity index (χ1n) is 3.14. The standard InChI is InChI=1S/C8H6O4.O.2Ti/c9-7(10)5-3-1-2-4-6(5)8(11)12;;;/h1-4H,(H,9,10)(H,11,12);;;/q;-2;2*+4/p-2. The van der Waals surface area contributed by atoms with Gasteiger partial charge in [-0.2, -0.15) is 0 Å². The Kier molecular flexibility index (Phi) is 11.8. The fourth-order valence-corrected chi connectivity index (χ4v) is 0.839. The van der Waals surface area contributed by atoms with Crippen molar-refractivity contribution in [1.29, 1.82) is 0 Å². The first-order valence-corrected chi connectivity index (χ1v) is 3.14. The number of aromatic carboxylic acids is 2. The average Bonchev–Trinajstić information content (AvgIpc) is 2.04. The number of hydrogen-bond acceptors (Lipinski definition) is 4. The van der Waals surface area contributed by atoms with E-state index in [1.54, 1.807) is 0 Å². The predicted molar refractivity (Wildman–Crippen MR) is 35.8 cm³/mol. The van der Waals surface area contributed by atoms with E-state index < -0.39 is 11.9 Å². The first kappa shape index (κ1) is 20.0. The molecule has 0 heterocycles. The molecule has 1 aromatic rings. The maximum Gasteiger partial charge on any atom is 4.00 e. The summed E-state index contributed by atoms with van der Waals surface area (Å²) in [6.07, 6.45) is 0. The molecular formula is C8H4O5Ti2+4. The summed E-state index contributed by atoms with van der Waals surface area (Å²) < 4.78 is 0. The van der Waals surface area contributed by atoms with Crippen LogP contribution in [0, 0.1) is 0 Å². The monoisotopic (exact) mass is 276 g/mol. The second-order valence-corrected chi connectivity index (χ2v) is 2.12. The SMILES string of the molecule is O=C([O-])c1ccccc1C(=O)[O-].[O-2].[Ti+4].[Ti+4]. The van der Waals surface area contributed by atoms with Gasteiger partial charge in [0.25, 0.3) is 0 Å². The van der Waals surface area contributed by atoms with Gasteiger partial charge in [0.2, 0.25) is 0 Å². The molecule has 5 nitrogen and oxygen atoms in total. The van der Waals surface area contributed by atoms with Crippen molar-refractivity contribution in [1.82, 2.24) is 0 Å². The van der Waals surface area contributed by atoms with Crippen molar-refractivity contribution in [3.05, 3.63) is 35.4 Å². The number of rotatable bonds is 2. The zero-order valence-corrected chi connectivity index (χ0v) is 10.5. The molecule has 0 aliphatic heterocycles. The third-order valence-corrected chi connectivity index (χ3v) is 1.37. The van der Waals surface area contributed by atoms with Gasteiger partial charge < -0.3 is 25.3 Å². The molecule has 0 radical (unpaired) electrons. The Morgan fingerprint density at radius 3 is 1.33 bits per heavy atom. The molecule has 15 heavy (non-hydrogen) atoms. The summed E-state index contributed by atoms with van der Waals surface area (Å²) in [5.41, 5.74) is -0.727. The molecule has 0 atom stereocenters. The van der Waals surface area contributed by atoms with Crippen LogP contribution in [0.1, 0.15) is 20.7 Å². The summed E-state index contributed by atoms with van der Waals surface area (Å²) in [4.78, 5) is 20.6. The second kappa shape index (κ2) is 8.82. The van der Waals surface area contributed by atoms with E-state index in [0.717, 1.165) is 12.1 Å². The van der Waals surface area contributed by atoms with E-state index in [9.17, 15) is 19.8 Å². The Morgan fingerprint density at radius 1 is 0.867 bits per heavy atom. The molecule has 1 rings (SSSR count). The van der Waals surface area contributed by atoms with Crippen LogP contribution in [-0.4, -0.2) is 11.9 Å². The second-order valence-electron chi connectivity index (χ2n) is 2.12. The van der Waals surface area contributed by atoms with Crippen LogP contribution in [0.25, 0.3) is 0 Å². The third-order valence-electron chi connectivity index (χ3n) is 1.37. The van der Waals surface area contributed by atoms with Crippen LogP contribution in [0.3, 0.4) is 0 Å². The molecule has 70 valence electrons. The van der Waals surface area contributed by atoms with Gasteiger partial charge in [-0.1, -0.05) is 24.3 Å². The molecule has 7 heteroatoms. The van der Waals surface area contributed by atoms with Crippen molar-refractivity contribution in [3.63, 3.8) is 0 Å². The molecule has 0 amide bonds. The molecule has 0 unspecified atom stereocenters. The van der Waals surface area contributed by atoms with Gasteiger partial charge in [-0.3, -0.25) is 0 Å². The van der Waals surface area contributed by atoms with Gasteiger partial charge in [0.1, 0.15) is 0 Å². The van der Waals surface area contributed by atoms with Gasteiger partial charge >= 0.3 is 43.4 Å². The van der Waals surface area contributed by atoms with Crippen LogP contribution >= 0.6 is 0 Å². The number of hydrogen-bond donors (Lipinski definition) is 0. The zero-order valence-electron chi connectivity index (χ0n) is 7.35. The van der Waals surface area contributed by atoms with Crippen molar-refractivity contribution < 1.29 is 68.7 Å². The molecule has 0 aliphatic carbocycles. The molecule has 0 saturated carbocycles. The van der Waals surface area contributed by atoms with Crippen molar-refractivity contribution in [3.8, 4) is 0 Å². The van der Waals surface area contributed by atoms with Crippen molar-refractivity contribution in [2.75, 3.05) is 0 Å². The van der Waals surface area contributed by atoms with Crippen LogP contribution in [-0.2, 0) is 48.9 Å². The molecular weight excluding hydrogens is 272 g/mol. The van der Waals surface area contributed by atoms with Gasteiger partial charge in [-0.15, -0.1) is 0 Å². The fourth-order valence-electron chi connectivity index (χ4n) is 0.839. The van der Waals surface area contributed by atoms with Crippen LogP contribution in [0.4, 0.5) is 0 Å². The molecule has 0 spiro atoms. The average molecular weight is 276 g/mol. The zero-order chi connectivity index (χ0) is 9.14. The van der Waals surface area contributed by atoms with E-state index >= 15 is 0 Å². The molecule has 0 aromatic heterocycles. The van der Waals surface area contributed by atoms with Gasteiger partial charge in [0.15, 0.2) is 0 Å². The van der Waals surface area contributed by atoms with Gasteiger partial charge in [0.05, 0.1) is 11.9 Å². The molecule has 0 fully saturated rings. The minimum atomic E-state index is -1.52. The van der Waals surface area contributed by atoms with Crippen molar-refractivity contribution in [2.24, 2.45) is 0 Å². The summed E-state index contributed by atoms with van der Waals surface area (Å²) in [6.45, 7) is 0. The maximum atomic E-state index is 10.3. The van der Waals surface area contributed by atoms with E-state index in [0.29, 0.717) is 0 Å². The maximum absolute atomic E-state index is 10.3. The van der Waals surface area contributed by atoms with E-state index in [-0.39, 0.29) is 60.0 Å². The van der Waals surface area contributed by atoms with Crippen LogP contribution < -0.4 is 10.2 Å². The first-order chi connectivity index (χ1) is 5.63. The number of carboxylic acid groups (broad SMARTS) is 2. The quantitative estimate of drug-likeness (QED) is 0.599. The van der Waals surface area contributed by atoms with Crippen LogP contribution in [0.2, 0.25) is 0 Å². The summed E-state index contributed by atoms with van der Waals surface area (Å²) in [7, 11) is 0. The summed E-state index contributed by atoms with van der Waals surface area (Å²) in [6, 6.07) is 5.14. The van der Waals surface area contributed by atoms with Crippen molar-refractivity contribution in [2.45, 2.75) is 0 Å². The number of carbonyl (C=O) groups is 2. The Hall–Kier alpha value is -0.451. The molecule has 1 aromatic carbocycles. The van der Waals surface area contributed by atoms with Gasteiger partial charge in [-0.25, -0.2) is 0 Å². The Bertz CT molecular complexity index is 307. The van der Waals surface area contributed by atoms with Crippen LogP contribution in [0.15, 0.2) is 24.3 Å². The van der Waals surface area contributed by atoms with E-state index in [1.165, 1.54) is 12.1 Å².